The lowest BCUT2D eigenvalue weighted by molar-refractivity contribution is -0.139. The van der Waals surface area contributed by atoms with E-state index in [2.05, 4.69) is 10.4 Å². The molecule has 0 saturated carbocycles. The van der Waals surface area contributed by atoms with Crippen LogP contribution in [0, 0.1) is 0 Å². The summed E-state index contributed by atoms with van der Waals surface area (Å²) < 4.78 is 0. The highest BCUT2D eigenvalue weighted by molar-refractivity contribution is 6.37. The Morgan fingerprint density at radius 3 is 2.42 bits per heavy atom. The minimum absolute atomic E-state index is 0.0593. The van der Waals surface area contributed by atoms with Gasteiger partial charge in [-0.3, -0.25) is 9.59 Å². The Hall–Kier alpha value is -1.79. The molecule has 0 atom stereocenters. The average Bonchev–Trinajstić information content (AvgIpc) is 2.36. The van der Waals surface area contributed by atoms with Gasteiger partial charge in [-0.15, -0.1) is 0 Å². The number of halogens is 2. The molecule has 0 aromatic heterocycles. The van der Waals surface area contributed by atoms with Crippen molar-refractivity contribution in [2.24, 2.45) is 5.10 Å². The highest BCUT2D eigenvalue weighted by Gasteiger charge is 2.10. The van der Waals surface area contributed by atoms with Gasteiger partial charge in [0.25, 0.3) is 0 Å². The van der Waals surface area contributed by atoms with Crippen LogP contribution in [0.4, 0.5) is 0 Å². The van der Waals surface area contributed by atoms with Crippen LogP contribution in [0.15, 0.2) is 17.2 Å². The molecule has 0 fully saturated rings. The Balaban J connectivity index is 2.68. The molecule has 6 nitrogen and oxygen atoms in total. The molecule has 1 aromatic rings. The van der Waals surface area contributed by atoms with Crippen LogP contribution in [0.25, 0.3) is 0 Å². The monoisotopic (exact) mass is 303 g/mol. The van der Waals surface area contributed by atoms with E-state index in [1.54, 1.807) is 6.92 Å². The van der Waals surface area contributed by atoms with Gasteiger partial charge >= 0.3 is 11.8 Å². The van der Waals surface area contributed by atoms with E-state index in [1.807, 2.05) is 5.43 Å². The van der Waals surface area contributed by atoms with Gasteiger partial charge in [0.1, 0.15) is 0 Å². The van der Waals surface area contributed by atoms with E-state index in [4.69, 9.17) is 23.2 Å². The normalized spacial score (nSPS) is 10.5. The standard InChI is InChI=1S/C11H11Cl2N3O3/c1-2-14-10(18)11(19)16-15-5-6-3-7(12)9(17)8(13)4-6/h3-5,17H,2H2,1H3,(H,14,18)(H,16,19)/b15-5+. The fraction of sp³-hybridized carbons (Fsp3) is 0.182. The number of nitrogens with one attached hydrogen (secondary N) is 2. The van der Waals surface area contributed by atoms with Crippen molar-refractivity contribution in [2.75, 3.05) is 6.54 Å². The maximum Gasteiger partial charge on any atom is 0.329 e. The van der Waals surface area contributed by atoms with Gasteiger partial charge in [0.2, 0.25) is 0 Å². The highest BCUT2D eigenvalue weighted by atomic mass is 35.5. The van der Waals surface area contributed by atoms with E-state index >= 15 is 0 Å². The Labute approximate surface area is 119 Å². The van der Waals surface area contributed by atoms with E-state index in [-0.39, 0.29) is 15.8 Å². The van der Waals surface area contributed by atoms with Crippen LogP contribution in [-0.4, -0.2) is 29.7 Å². The van der Waals surface area contributed by atoms with Gasteiger partial charge in [0.05, 0.1) is 16.3 Å². The number of hydrazone groups is 1. The highest BCUT2D eigenvalue weighted by Crippen LogP contribution is 2.32. The molecule has 0 radical (unpaired) electrons. The van der Waals surface area contributed by atoms with Gasteiger partial charge in [-0.25, -0.2) is 5.43 Å². The van der Waals surface area contributed by atoms with Crippen LogP contribution < -0.4 is 10.7 Å². The molecule has 0 heterocycles. The van der Waals surface area contributed by atoms with Crippen molar-refractivity contribution in [3.05, 3.63) is 27.7 Å². The number of hydrogen-bond donors (Lipinski definition) is 3. The van der Waals surface area contributed by atoms with Gasteiger partial charge in [0, 0.05) is 6.54 Å². The maximum atomic E-state index is 11.2. The first-order valence-corrected chi connectivity index (χ1v) is 6.00. The Kier molecular flexibility index (Phi) is 5.59. The predicted molar refractivity (Wildman–Crippen MR) is 72.5 cm³/mol. The Morgan fingerprint density at radius 2 is 1.89 bits per heavy atom. The third-order valence-corrected chi connectivity index (χ3v) is 2.54. The topological polar surface area (TPSA) is 90.8 Å². The molecule has 0 spiro atoms. The summed E-state index contributed by atoms with van der Waals surface area (Å²) in [5, 5.41) is 15.4. The zero-order valence-electron chi connectivity index (χ0n) is 9.91. The number of benzene rings is 1. The molecule has 0 aliphatic rings. The lowest BCUT2D eigenvalue weighted by atomic mass is 10.2. The smallest absolute Gasteiger partial charge is 0.329 e. The first-order valence-electron chi connectivity index (χ1n) is 5.25. The molecular formula is C11H11Cl2N3O3. The van der Waals surface area contributed by atoms with Crippen molar-refractivity contribution in [2.45, 2.75) is 6.92 Å². The molecule has 0 unspecified atom stereocenters. The molecular weight excluding hydrogens is 293 g/mol. The molecule has 0 saturated heterocycles. The molecule has 19 heavy (non-hydrogen) atoms. The van der Waals surface area contributed by atoms with Crippen molar-refractivity contribution in [1.29, 1.82) is 0 Å². The van der Waals surface area contributed by atoms with Crippen molar-refractivity contribution in [1.82, 2.24) is 10.7 Å². The summed E-state index contributed by atoms with van der Waals surface area (Å²) in [5.74, 6) is -1.89. The zero-order chi connectivity index (χ0) is 14.4. The second-order valence-electron chi connectivity index (χ2n) is 3.39. The molecule has 3 N–H and O–H groups in total. The number of carbonyl (C=O) groups is 2. The summed E-state index contributed by atoms with van der Waals surface area (Å²) >= 11 is 11.4. The number of phenols is 1. The van der Waals surface area contributed by atoms with E-state index in [1.165, 1.54) is 18.3 Å². The number of aromatic hydroxyl groups is 1. The minimum atomic E-state index is -0.880. The minimum Gasteiger partial charge on any atom is -0.505 e. The van der Waals surface area contributed by atoms with Crippen molar-refractivity contribution in [3.8, 4) is 5.75 Å². The maximum absolute atomic E-state index is 11.2. The van der Waals surface area contributed by atoms with Crippen molar-refractivity contribution in [3.63, 3.8) is 0 Å². The fourth-order valence-corrected chi connectivity index (χ4v) is 1.62. The second-order valence-corrected chi connectivity index (χ2v) is 4.21. The predicted octanol–water partition coefficient (Wildman–Crippen LogP) is 1.29. The quantitative estimate of drug-likeness (QED) is 0.446. The van der Waals surface area contributed by atoms with Gasteiger partial charge in [-0.05, 0) is 24.6 Å². The molecule has 102 valence electrons. The number of likely N-dealkylation sites (N-methyl/N-ethyl adjacent to an activating group) is 1. The largest absolute Gasteiger partial charge is 0.505 e. The summed E-state index contributed by atoms with van der Waals surface area (Å²) in [5.41, 5.74) is 2.50. The summed E-state index contributed by atoms with van der Waals surface area (Å²) in [6, 6.07) is 2.81. The van der Waals surface area contributed by atoms with Crippen LogP contribution >= 0.6 is 23.2 Å². The molecule has 0 aliphatic carbocycles. The van der Waals surface area contributed by atoms with Crippen LogP contribution in [-0.2, 0) is 9.59 Å². The summed E-state index contributed by atoms with van der Waals surface area (Å²) in [7, 11) is 0. The van der Waals surface area contributed by atoms with Gasteiger partial charge in [-0.1, -0.05) is 23.2 Å². The van der Waals surface area contributed by atoms with E-state index in [9.17, 15) is 14.7 Å². The zero-order valence-corrected chi connectivity index (χ0v) is 11.4. The fourth-order valence-electron chi connectivity index (χ4n) is 1.12. The number of amides is 2. The molecule has 1 rings (SSSR count). The molecule has 0 aliphatic heterocycles. The van der Waals surface area contributed by atoms with Crippen LogP contribution in [0.2, 0.25) is 10.0 Å². The number of nitrogens with zero attached hydrogens (tertiary/aromatic N) is 1. The summed E-state index contributed by atoms with van der Waals surface area (Å²) in [6.07, 6.45) is 1.24. The van der Waals surface area contributed by atoms with Crippen molar-refractivity contribution < 1.29 is 14.7 Å². The molecule has 8 heteroatoms. The third-order valence-electron chi connectivity index (χ3n) is 1.96. The van der Waals surface area contributed by atoms with Crippen molar-refractivity contribution >= 4 is 41.2 Å². The lowest BCUT2D eigenvalue weighted by Gasteiger charge is -2.02. The number of rotatable bonds is 3. The Morgan fingerprint density at radius 1 is 1.32 bits per heavy atom. The van der Waals surface area contributed by atoms with Gasteiger partial charge < -0.3 is 10.4 Å². The summed E-state index contributed by atoms with van der Waals surface area (Å²) in [6.45, 7) is 2.04. The van der Waals surface area contributed by atoms with E-state index in [0.29, 0.717) is 12.1 Å². The number of phenolic OH excluding ortho intramolecular Hbond substituents is 1. The van der Waals surface area contributed by atoms with Crippen LogP contribution in [0.1, 0.15) is 12.5 Å². The first kappa shape index (κ1) is 15.3. The van der Waals surface area contributed by atoms with Crippen LogP contribution in [0.3, 0.4) is 0 Å². The van der Waals surface area contributed by atoms with Gasteiger partial charge in [-0.2, -0.15) is 5.10 Å². The third kappa shape index (κ3) is 4.42. The van der Waals surface area contributed by atoms with E-state index in [0.717, 1.165) is 0 Å². The number of hydrogen-bond acceptors (Lipinski definition) is 4. The molecule has 1 aromatic carbocycles. The molecule has 2 amide bonds. The van der Waals surface area contributed by atoms with E-state index < -0.39 is 11.8 Å². The first-order chi connectivity index (χ1) is 8.95. The molecule has 0 bridgehead atoms. The summed E-state index contributed by atoms with van der Waals surface area (Å²) in [4.78, 5) is 22.2. The van der Waals surface area contributed by atoms with Gasteiger partial charge in [0.15, 0.2) is 5.75 Å². The lowest BCUT2D eigenvalue weighted by Crippen LogP contribution is -2.37. The average molecular weight is 304 g/mol. The second kappa shape index (κ2) is 6.96. The SMILES string of the molecule is CCNC(=O)C(=O)N/N=C/c1cc(Cl)c(O)c(Cl)c1. The van der Waals surface area contributed by atoms with Crippen LogP contribution in [0.5, 0.6) is 5.75 Å². The Bertz CT molecular complexity index is 509. The number of carbonyl (C=O) groups excluding carboxylic acids is 2.